The number of ether oxygens (including phenoxy) is 1. The average Bonchev–Trinajstić information content (AvgIpc) is 2.75. The van der Waals surface area contributed by atoms with Crippen LogP contribution >= 0.6 is 23.2 Å². The molecule has 166 valence electrons. The highest BCUT2D eigenvalue weighted by Crippen LogP contribution is 2.29. The van der Waals surface area contributed by atoms with E-state index >= 15 is 0 Å². The minimum absolute atomic E-state index is 0.0184. The van der Waals surface area contributed by atoms with Crippen molar-refractivity contribution < 1.29 is 22.9 Å². The normalized spacial score (nSPS) is 14.8. The molecule has 2 aromatic carbocycles. The molecule has 3 rings (SSSR count). The molecule has 0 unspecified atom stereocenters. The number of carbonyl (C=O) groups excluding carboxylic acids is 1. The number of morpholine rings is 1. The number of amides is 1. The molecule has 0 atom stereocenters. The predicted molar refractivity (Wildman–Crippen MR) is 116 cm³/mol. The largest absolute Gasteiger partial charge is 0.379 e. The number of carbonyl (C=O) groups is 1. The number of benzene rings is 2. The van der Waals surface area contributed by atoms with Crippen molar-refractivity contribution in [2.45, 2.75) is 4.90 Å². The second kappa shape index (κ2) is 9.79. The Hall–Kier alpha value is -2.44. The standard InChI is InChI=1S/C18H18Cl2N4O6S/c19-14-3-1-12(9-16(14)24(26)27)21-11-18(25)22-13-2-4-15(20)17(10-13)31(28,29)23-5-7-30-8-6-23/h1-4,9-10,21H,5-8,11H2,(H,22,25). The number of halogens is 2. The average molecular weight is 489 g/mol. The lowest BCUT2D eigenvalue weighted by Gasteiger charge is -2.26. The molecule has 1 fully saturated rings. The van der Waals surface area contributed by atoms with Gasteiger partial charge in [0.1, 0.15) is 9.92 Å². The minimum atomic E-state index is -3.85. The van der Waals surface area contributed by atoms with Crippen LogP contribution in [0.15, 0.2) is 41.3 Å². The Bertz CT molecular complexity index is 1110. The summed E-state index contributed by atoms with van der Waals surface area (Å²) in [4.78, 5) is 22.5. The van der Waals surface area contributed by atoms with E-state index in [4.69, 9.17) is 27.9 Å². The Balaban J connectivity index is 1.69. The SMILES string of the molecule is O=C(CNc1ccc(Cl)c([N+](=O)[O-])c1)Nc1ccc(Cl)c(S(=O)(=O)N2CCOCC2)c1. The number of nitro benzene ring substituents is 1. The van der Waals surface area contributed by atoms with Gasteiger partial charge >= 0.3 is 0 Å². The molecule has 2 N–H and O–H groups in total. The Kier molecular flexibility index (Phi) is 7.34. The Morgan fingerprint density at radius 2 is 1.74 bits per heavy atom. The molecule has 0 aliphatic carbocycles. The molecular weight excluding hydrogens is 471 g/mol. The van der Waals surface area contributed by atoms with Gasteiger partial charge in [-0.15, -0.1) is 0 Å². The number of nitrogens with one attached hydrogen (secondary N) is 2. The van der Waals surface area contributed by atoms with E-state index in [-0.39, 0.29) is 45.9 Å². The van der Waals surface area contributed by atoms with Gasteiger partial charge in [0.25, 0.3) is 5.69 Å². The molecule has 13 heteroatoms. The quantitative estimate of drug-likeness (QED) is 0.452. The van der Waals surface area contributed by atoms with Crippen LogP contribution in [0.25, 0.3) is 0 Å². The Labute approximate surface area is 188 Å². The number of sulfonamides is 1. The van der Waals surface area contributed by atoms with Crippen molar-refractivity contribution in [1.82, 2.24) is 4.31 Å². The van der Waals surface area contributed by atoms with Gasteiger partial charge in [-0.05, 0) is 30.3 Å². The van der Waals surface area contributed by atoms with E-state index in [9.17, 15) is 23.3 Å². The molecule has 1 heterocycles. The van der Waals surface area contributed by atoms with Gasteiger partial charge in [-0.25, -0.2) is 8.42 Å². The molecule has 0 saturated carbocycles. The van der Waals surface area contributed by atoms with Crippen molar-refractivity contribution in [3.05, 3.63) is 56.6 Å². The summed E-state index contributed by atoms with van der Waals surface area (Å²) in [6.45, 7) is 0.801. The molecule has 0 spiro atoms. The van der Waals surface area contributed by atoms with Crippen molar-refractivity contribution in [1.29, 1.82) is 0 Å². The predicted octanol–water partition coefficient (Wildman–Crippen LogP) is 2.97. The van der Waals surface area contributed by atoms with Crippen molar-refractivity contribution in [2.75, 3.05) is 43.5 Å². The summed E-state index contributed by atoms with van der Waals surface area (Å²) in [5.74, 6) is -0.491. The maximum absolute atomic E-state index is 12.9. The smallest absolute Gasteiger partial charge is 0.289 e. The molecule has 1 saturated heterocycles. The number of rotatable bonds is 7. The fourth-order valence-corrected chi connectivity index (χ4v) is 4.95. The topological polar surface area (TPSA) is 131 Å². The van der Waals surface area contributed by atoms with E-state index in [0.717, 1.165) is 0 Å². The lowest BCUT2D eigenvalue weighted by molar-refractivity contribution is -0.384. The molecule has 0 radical (unpaired) electrons. The summed E-state index contributed by atoms with van der Waals surface area (Å²) in [5.41, 5.74) is 0.283. The summed E-state index contributed by atoms with van der Waals surface area (Å²) in [7, 11) is -3.85. The van der Waals surface area contributed by atoms with Crippen LogP contribution < -0.4 is 10.6 Å². The van der Waals surface area contributed by atoms with Gasteiger partial charge in [0.2, 0.25) is 15.9 Å². The third-order valence-electron chi connectivity index (χ3n) is 4.40. The van der Waals surface area contributed by atoms with Gasteiger partial charge in [-0.1, -0.05) is 23.2 Å². The maximum Gasteiger partial charge on any atom is 0.289 e. The molecule has 2 aromatic rings. The summed E-state index contributed by atoms with van der Waals surface area (Å²) in [6.07, 6.45) is 0. The van der Waals surface area contributed by atoms with Crippen LogP contribution in [0.5, 0.6) is 0 Å². The zero-order valence-electron chi connectivity index (χ0n) is 16.0. The fourth-order valence-electron chi connectivity index (χ4n) is 2.85. The second-order valence-electron chi connectivity index (χ2n) is 6.49. The Morgan fingerprint density at radius 1 is 1.10 bits per heavy atom. The van der Waals surface area contributed by atoms with Gasteiger partial charge in [-0.3, -0.25) is 14.9 Å². The van der Waals surface area contributed by atoms with Gasteiger partial charge in [0.15, 0.2) is 0 Å². The van der Waals surface area contributed by atoms with Crippen LogP contribution in [0.1, 0.15) is 0 Å². The molecule has 1 aliphatic rings. The molecular formula is C18H18Cl2N4O6S. The number of nitrogens with zero attached hydrogens (tertiary/aromatic N) is 2. The summed E-state index contributed by atoms with van der Waals surface area (Å²) < 4.78 is 32.2. The van der Waals surface area contributed by atoms with Crippen LogP contribution in [0.4, 0.5) is 17.1 Å². The maximum atomic E-state index is 12.9. The number of hydrogen-bond donors (Lipinski definition) is 2. The van der Waals surface area contributed by atoms with Crippen LogP contribution in [-0.4, -0.2) is 56.4 Å². The van der Waals surface area contributed by atoms with Gasteiger partial charge in [0.05, 0.1) is 29.7 Å². The number of anilines is 2. The van der Waals surface area contributed by atoms with E-state index in [1.165, 1.54) is 40.7 Å². The van der Waals surface area contributed by atoms with E-state index < -0.39 is 20.9 Å². The number of hydrogen-bond acceptors (Lipinski definition) is 7. The minimum Gasteiger partial charge on any atom is -0.379 e. The zero-order chi connectivity index (χ0) is 22.6. The van der Waals surface area contributed by atoms with Crippen LogP contribution in [-0.2, 0) is 19.6 Å². The fraction of sp³-hybridized carbons (Fsp3) is 0.278. The summed E-state index contributed by atoms with van der Waals surface area (Å²) >= 11 is 11.9. The molecule has 0 bridgehead atoms. The van der Waals surface area contributed by atoms with Crippen molar-refractivity contribution in [3.63, 3.8) is 0 Å². The van der Waals surface area contributed by atoms with Crippen LogP contribution in [0.2, 0.25) is 10.0 Å². The lowest BCUT2D eigenvalue weighted by atomic mass is 10.2. The highest BCUT2D eigenvalue weighted by atomic mass is 35.5. The summed E-state index contributed by atoms with van der Waals surface area (Å²) in [6, 6.07) is 8.22. The molecule has 0 aromatic heterocycles. The van der Waals surface area contributed by atoms with Crippen LogP contribution in [0, 0.1) is 10.1 Å². The highest BCUT2D eigenvalue weighted by Gasteiger charge is 2.28. The highest BCUT2D eigenvalue weighted by molar-refractivity contribution is 7.89. The molecule has 31 heavy (non-hydrogen) atoms. The van der Waals surface area contributed by atoms with Crippen molar-refractivity contribution in [2.24, 2.45) is 0 Å². The van der Waals surface area contributed by atoms with Crippen molar-refractivity contribution in [3.8, 4) is 0 Å². The van der Waals surface area contributed by atoms with E-state index in [1.54, 1.807) is 0 Å². The van der Waals surface area contributed by atoms with Crippen LogP contribution in [0.3, 0.4) is 0 Å². The molecule has 10 nitrogen and oxygen atoms in total. The first kappa shape index (κ1) is 23.2. The van der Waals surface area contributed by atoms with Gasteiger partial charge in [-0.2, -0.15) is 4.31 Å². The second-order valence-corrected chi connectivity index (χ2v) is 9.21. The third kappa shape index (κ3) is 5.63. The third-order valence-corrected chi connectivity index (χ3v) is 7.10. The number of nitro groups is 1. The van der Waals surface area contributed by atoms with Crippen molar-refractivity contribution >= 4 is 56.2 Å². The first-order valence-electron chi connectivity index (χ1n) is 9.03. The first-order chi connectivity index (χ1) is 14.7. The lowest BCUT2D eigenvalue weighted by Crippen LogP contribution is -2.40. The van der Waals surface area contributed by atoms with E-state index in [0.29, 0.717) is 18.9 Å². The monoisotopic (exact) mass is 488 g/mol. The Morgan fingerprint density at radius 3 is 2.42 bits per heavy atom. The molecule has 1 aliphatic heterocycles. The zero-order valence-corrected chi connectivity index (χ0v) is 18.3. The van der Waals surface area contributed by atoms with Gasteiger partial charge < -0.3 is 15.4 Å². The van der Waals surface area contributed by atoms with E-state index in [2.05, 4.69) is 10.6 Å². The summed E-state index contributed by atoms with van der Waals surface area (Å²) in [5, 5.41) is 16.3. The molecule has 1 amide bonds. The first-order valence-corrected chi connectivity index (χ1v) is 11.2. The van der Waals surface area contributed by atoms with Gasteiger partial charge in [0, 0.05) is 30.5 Å². The van der Waals surface area contributed by atoms with E-state index in [1.807, 2.05) is 0 Å².